The monoisotopic (exact) mass is 489 g/mol. The molecule has 0 fully saturated rings. The summed E-state index contributed by atoms with van der Waals surface area (Å²) in [7, 11) is 1.42. The zero-order valence-corrected chi connectivity index (χ0v) is 20.0. The topological polar surface area (TPSA) is 81.6 Å². The summed E-state index contributed by atoms with van der Waals surface area (Å²) in [6.07, 6.45) is -5.80. The number of hydrogen-bond donors (Lipinski definition) is 2. The molecule has 0 aliphatic carbocycles. The van der Waals surface area contributed by atoms with Crippen molar-refractivity contribution in [3.05, 3.63) is 52.3 Å². The maximum absolute atomic E-state index is 15.2. The molecule has 10 heteroatoms. The molecule has 2 N–H and O–H groups in total. The summed E-state index contributed by atoms with van der Waals surface area (Å²) in [4.78, 5) is 11.5. The van der Waals surface area contributed by atoms with Crippen molar-refractivity contribution in [1.29, 1.82) is 0 Å². The van der Waals surface area contributed by atoms with E-state index in [1.54, 1.807) is 46.8 Å². The number of hydrogen-bond acceptors (Lipinski definition) is 4. The Hall–Kier alpha value is -2.30. The van der Waals surface area contributed by atoms with Gasteiger partial charge in [-0.25, -0.2) is 4.39 Å². The highest BCUT2D eigenvalue weighted by atomic mass is 32.2. The molecule has 0 radical (unpaired) electrons. The second-order valence-electron chi connectivity index (χ2n) is 8.66. The first-order valence-electron chi connectivity index (χ1n) is 10.0. The zero-order chi connectivity index (χ0) is 25.3. The fraction of sp³-hybridized carbons (Fsp3) is 0.435. The molecule has 0 saturated carbocycles. The molecular weight excluding hydrogens is 462 g/mol. The molecule has 0 spiro atoms. The minimum atomic E-state index is -5.04. The lowest BCUT2D eigenvalue weighted by atomic mass is 9.90. The minimum absolute atomic E-state index is 0.0476. The van der Waals surface area contributed by atoms with Gasteiger partial charge >= 0.3 is 12.1 Å². The maximum atomic E-state index is 15.2. The van der Waals surface area contributed by atoms with E-state index in [0.717, 1.165) is 0 Å². The van der Waals surface area contributed by atoms with Crippen molar-refractivity contribution in [1.82, 2.24) is 4.72 Å². The number of halogens is 4. The minimum Gasteiger partial charge on any atom is -0.598 e. The Bertz CT molecular complexity index is 1030. The van der Waals surface area contributed by atoms with E-state index < -0.39 is 57.7 Å². The Labute approximate surface area is 193 Å². The van der Waals surface area contributed by atoms with E-state index in [2.05, 4.69) is 4.72 Å². The molecule has 2 rings (SSSR count). The molecule has 0 aliphatic heterocycles. The second-order valence-corrected chi connectivity index (χ2v) is 10.7. The summed E-state index contributed by atoms with van der Waals surface area (Å²) < 4.78 is 76.1. The van der Waals surface area contributed by atoms with Crippen molar-refractivity contribution in [3.63, 3.8) is 0 Å². The Morgan fingerprint density at radius 3 is 2.30 bits per heavy atom. The first-order valence-corrected chi connectivity index (χ1v) is 11.2. The average Bonchev–Trinajstić information content (AvgIpc) is 2.66. The van der Waals surface area contributed by atoms with Crippen LogP contribution in [0.15, 0.2) is 24.3 Å². The lowest BCUT2D eigenvalue weighted by Crippen LogP contribution is -2.42. The fourth-order valence-corrected chi connectivity index (χ4v) is 4.26. The van der Waals surface area contributed by atoms with Gasteiger partial charge in [0.1, 0.15) is 16.3 Å². The molecule has 5 nitrogen and oxygen atoms in total. The van der Waals surface area contributed by atoms with Crippen molar-refractivity contribution < 1.29 is 36.8 Å². The van der Waals surface area contributed by atoms with E-state index in [9.17, 15) is 27.6 Å². The van der Waals surface area contributed by atoms with Gasteiger partial charge in [0.05, 0.1) is 25.1 Å². The van der Waals surface area contributed by atoms with Gasteiger partial charge in [0.15, 0.2) is 0 Å². The third-order valence-electron chi connectivity index (χ3n) is 5.10. The Morgan fingerprint density at radius 2 is 1.82 bits per heavy atom. The van der Waals surface area contributed by atoms with Crippen LogP contribution in [0.25, 0.3) is 11.1 Å². The number of rotatable bonds is 7. The zero-order valence-electron chi connectivity index (χ0n) is 19.2. The largest absolute Gasteiger partial charge is 0.598 e. The highest BCUT2D eigenvalue weighted by Gasteiger charge is 2.39. The van der Waals surface area contributed by atoms with Gasteiger partial charge in [-0.15, -0.1) is 4.72 Å². The van der Waals surface area contributed by atoms with Crippen molar-refractivity contribution in [2.24, 2.45) is 0 Å². The Kier molecular flexibility index (Phi) is 8.09. The van der Waals surface area contributed by atoms with E-state index in [4.69, 9.17) is 4.74 Å². The van der Waals surface area contributed by atoms with Gasteiger partial charge in [-0.2, -0.15) is 13.2 Å². The van der Waals surface area contributed by atoms with Crippen LogP contribution in [-0.2, 0) is 22.3 Å². The van der Waals surface area contributed by atoms with E-state index in [1.165, 1.54) is 13.2 Å². The third-order valence-corrected chi connectivity index (χ3v) is 6.71. The van der Waals surface area contributed by atoms with Gasteiger partial charge in [0, 0.05) is 16.9 Å². The molecule has 2 aromatic carbocycles. The van der Waals surface area contributed by atoms with Crippen LogP contribution in [0.5, 0.6) is 5.75 Å². The smallest absolute Gasteiger partial charge is 0.419 e. The summed E-state index contributed by atoms with van der Waals surface area (Å²) in [5.41, 5.74) is -0.431. The van der Waals surface area contributed by atoms with Crippen LogP contribution in [0.1, 0.15) is 55.5 Å². The number of carboxylic acid groups (broad SMARTS) is 1. The van der Waals surface area contributed by atoms with Crippen LogP contribution in [-0.4, -0.2) is 27.5 Å². The molecule has 0 saturated heterocycles. The number of carbonyl (C=O) groups is 1. The maximum Gasteiger partial charge on any atom is 0.419 e. The van der Waals surface area contributed by atoms with Crippen LogP contribution in [0, 0.1) is 19.7 Å². The quantitative estimate of drug-likeness (QED) is 0.385. The van der Waals surface area contributed by atoms with Crippen molar-refractivity contribution >= 4 is 17.3 Å². The van der Waals surface area contributed by atoms with E-state index in [0.29, 0.717) is 28.5 Å². The molecule has 0 bridgehead atoms. The number of aryl methyl sites for hydroxylation is 1. The van der Waals surface area contributed by atoms with Crippen molar-refractivity contribution in [2.75, 3.05) is 7.11 Å². The molecule has 2 unspecified atom stereocenters. The molecule has 2 aromatic rings. The summed E-state index contributed by atoms with van der Waals surface area (Å²) in [6, 6.07) is 3.75. The van der Waals surface area contributed by atoms with Gasteiger partial charge < -0.3 is 14.4 Å². The van der Waals surface area contributed by atoms with Gasteiger partial charge in [-0.05, 0) is 75.1 Å². The molecule has 182 valence electrons. The van der Waals surface area contributed by atoms with Crippen molar-refractivity contribution in [2.45, 2.75) is 58.0 Å². The molecule has 0 heterocycles. The number of methoxy groups -OCH3 is 1. The van der Waals surface area contributed by atoms with E-state index in [1.807, 2.05) is 0 Å². The van der Waals surface area contributed by atoms with Crippen LogP contribution >= 0.6 is 0 Å². The summed E-state index contributed by atoms with van der Waals surface area (Å²) in [5, 5.41) is 9.32. The lowest BCUT2D eigenvalue weighted by molar-refractivity contribution is -0.140. The Balaban J connectivity index is 2.83. The van der Waals surface area contributed by atoms with Crippen LogP contribution < -0.4 is 9.46 Å². The van der Waals surface area contributed by atoms with Gasteiger partial charge in [-0.3, -0.25) is 4.79 Å². The summed E-state index contributed by atoms with van der Waals surface area (Å²) in [6.45, 7) is 8.17. The highest BCUT2D eigenvalue weighted by Crippen LogP contribution is 2.41. The SMILES string of the molecule is COc1ccc(C)c(-c2cc(C(CC(=O)O)N[S+]([O-])C(C)(C)C)c(F)c(C(F)(F)F)c2)c1C. The highest BCUT2D eigenvalue weighted by molar-refractivity contribution is 7.90. The fourth-order valence-electron chi connectivity index (χ4n) is 3.44. The van der Waals surface area contributed by atoms with Crippen LogP contribution in [0.2, 0.25) is 0 Å². The lowest BCUT2D eigenvalue weighted by Gasteiger charge is -2.28. The first-order chi connectivity index (χ1) is 15.1. The van der Waals surface area contributed by atoms with E-state index in [-0.39, 0.29) is 5.56 Å². The van der Waals surface area contributed by atoms with Crippen molar-refractivity contribution in [3.8, 4) is 16.9 Å². The number of ether oxygens (including phenoxy) is 1. The predicted octanol–water partition coefficient (Wildman–Crippen LogP) is 5.70. The molecule has 0 amide bonds. The Morgan fingerprint density at radius 1 is 1.21 bits per heavy atom. The normalized spacial score (nSPS) is 14.2. The van der Waals surface area contributed by atoms with Gasteiger partial charge in [0.25, 0.3) is 0 Å². The average molecular weight is 490 g/mol. The molecule has 33 heavy (non-hydrogen) atoms. The number of nitrogens with one attached hydrogen (secondary N) is 1. The first kappa shape index (κ1) is 26.9. The predicted molar refractivity (Wildman–Crippen MR) is 119 cm³/mol. The van der Waals surface area contributed by atoms with Crippen LogP contribution in [0.3, 0.4) is 0 Å². The second kappa shape index (κ2) is 9.90. The molecule has 0 aromatic heterocycles. The number of carboxylic acids is 1. The molecular formula is C23H27F4NO4S. The van der Waals surface area contributed by atoms with Crippen LogP contribution in [0.4, 0.5) is 17.6 Å². The summed E-state index contributed by atoms with van der Waals surface area (Å²) >= 11 is -1.87. The summed E-state index contributed by atoms with van der Waals surface area (Å²) in [5.74, 6) is -2.55. The van der Waals surface area contributed by atoms with Gasteiger partial charge in [0.2, 0.25) is 0 Å². The molecule has 0 aliphatic rings. The van der Waals surface area contributed by atoms with Gasteiger partial charge in [-0.1, -0.05) is 6.07 Å². The number of benzene rings is 2. The van der Waals surface area contributed by atoms with E-state index >= 15 is 4.39 Å². The third kappa shape index (κ3) is 6.18. The molecule has 2 atom stereocenters. The standard InChI is InChI=1S/C23H27F4NO4S/c1-12-7-8-18(32-6)13(2)20(12)14-9-15(21(24)16(10-14)23(25,26)27)17(11-19(29)30)28-33(31)22(3,4)5/h7-10,17,28H,11H2,1-6H3,(H,29,30). The number of alkyl halides is 3. The number of aliphatic carboxylic acids is 1.